The zero-order chi connectivity index (χ0) is 12.8. The lowest BCUT2D eigenvalue weighted by Crippen LogP contribution is -2.33. The number of rotatable bonds is 4. The molecule has 1 heterocycles. The summed E-state index contributed by atoms with van der Waals surface area (Å²) in [5.74, 6) is 0.615. The van der Waals surface area contributed by atoms with Crippen molar-refractivity contribution in [3.05, 3.63) is 40.3 Å². The van der Waals surface area contributed by atoms with E-state index in [9.17, 15) is 4.79 Å². The second-order valence-electron chi connectivity index (χ2n) is 3.94. The van der Waals surface area contributed by atoms with Gasteiger partial charge in [-0.05, 0) is 24.1 Å². The van der Waals surface area contributed by atoms with Crippen LogP contribution in [0.15, 0.2) is 29.4 Å². The maximum atomic E-state index is 12.2. The van der Waals surface area contributed by atoms with Crippen LogP contribution in [0.2, 0.25) is 0 Å². The Morgan fingerprint density at radius 3 is 3.11 bits per heavy atom. The molecule has 6 nitrogen and oxygen atoms in total. The highest BCUT2D eigenvalue weighted by atomic mass is 16.5. The number of carbonyl (C=O) groups is 1. The molecule has 18 heavy (non-hydrogen) atoms. The van der Waals surface area contributed by atoms with Crippen LogP contribution in [0.4, 0.5) is 0 Å². The molecule has 94 valence electrons. The van der Waals surface area contributed by atoms with Gasteiger partial charge in [-0.1, -0.05) is 17.2 Å². The molecule has 0 N–H and O–H groups in total. The van der Waals surface area contributed by atoms with Gasteiger partial charge in [0.05, 0.1) is 12.1 Å². The first-order valence-electron chi connectivity index (χ1n) is 5.85. The Balaban J connectivity index is 2.05. The highest BCUT2D eigenvalue weighted by Crippen LogP contribution is 2.22. The second kappa shape index (κ2) is 5.93. The van der Waals surface area contributed by atoms with Crippen molar-refractivity contribution in [1.82, 2.24) is 4.90 Å². The van der Waals surface area contributed by atoms with Crippen LogP contribution >= 0.6 is 0 Å². The lowest BCUT2D eigenvalue weighted by Gasteiger charge is -2.19. The Labute approximate surface area is 105 Å². The van der Waals surface area contributed by atoms with E-state index in [1.807, 2.05) is 12.1 Å². The van der Waals surface area contributed by atoms with E-state index in [1.54, 1.807) is 17.0 Å². The molecular weight excluding hydrogens is 232 g/mol. The smallest absolute Gasteiger partial charge is 0.257 e. The van der Waals surface area contributed by atoms with Crippen molar-refractivity contribution in [2.24, 2.45) is 5.11 Å². The molecule has 0 fully saturated rings. The van der Waals surface area contributed by atoms with E-state index in [-0.39, 0.29) is 5.91 Å². The summed E-state index contributed by atoms with van der Waals surface area (Å²) in [6, 6.07) is 7.24. The topological polar surface area (TPSA) is 78.3 Å². The molecule has 0 saturated carbocycles. The molecule has 0 saturated heterocycles. The number of amides is 1. The average molecular weight is 246 g/mol. The van der Waals surface area contributed by atoms with Gasteiger partial charge in [0, 0.05) is 18.0 Å². The standard InChI is InChI=1S/C12H14N4O2/c13-15-14-6-3-7-16-8-9-18-11-5-2-1-4-10(11)12(16)17/h1-2,4-5H,3,6-9H2. The molecule has 1 aliphatic heterocycles. The minimum atomic E-state index is -0.0240. The number of hydrogen-bond acceptors (Lipinski definition) is 3. The lowest BCUT2D eigenvalue weighted by atomic mass is 10.2. The van der Waals surface area contributed by atoms with E-state index in [0.29, 0.717) is 44.0 Å². The van der Waals surface area contributed by atoms with Crippen LogP contribution < -0.4 is 4.74 Å². The number of nitrogens with zero attached hydrogens (tertiary/aromatic N) is 4. The number of para-hydroxylation sites is 1. The van der Waals surface area contributed by atoms with E-state index in [2.05, 4.69) is 10.0 Å². The number of benzene rings is 1. The van der Waals surface area contributed by atoms with Gasteiger partial charge < -0.3 is 9.64 Å². The van der Waals surface area contributed by atoms with Gasteiger partial charge in [0.1, 0.15) is 12.4 Å². The third-order valence-corrected chi connectivity index (χ3v) is 2.77. The summed E-state index contributed by atoms with van der Waals surface area (Å²) in [6.45, 7) is 2.03. The van der Waals surface area contributed by atoms with Crippen molar-refractivity contribution in [3.8, 4) is 5.75 Å². The first-order chi connectivity index (χ1) is 8.83. The number of carbonyl (C=O) groups excluding carboxylic acids is 1. The predicted octanol–water partition coefficient (Wildman–Crippen LogP) is 2.22. The fourth-order valence-corrected chi connectivity index (χ4v) is 1.90. The van der Waals surface area contributed by atoms with Gasteiger partial charge in [-0.3, -0.25) is 4.79 Å². The van der Waals surface area contributed by atoms with Crippen LogP contribution in [0.25, 0.3) is 10.4 Å². The molecule has 0 aromatic heterocycles. The number of azide groups is 1. The second-order valence-corrected chi connectivity index (χ2v) is 3.94. The number of hydrogen-bond donors (Lipinski definition) is 0. The number of fused-ring (bicyclic) bond motifs is 1. The molecule has 6 heteroatoms. The quantitative estimate of drug-likeness (QED) is 0.353. The van der Waals surface area contributed by atoms with E-state index >= 15 is 0 Å². The minimum absolute atomic E-state index is 0.0240. The highest BCUT2D eigenvalue weighted by Gasteiger charge is 2.22. The molecule has 0 aliphatic carbocycles. The van der Waals surface area contributed by atoms with E-state index < -0.39 is 0 Å². The van der Waals surface area contributed by atoms with E-state index in [0.717, 1.165) is 0 Å². The van der Waals surface area contributed by atoms with Crippen molar-refractivity contribution < 1.29 is 9.53 Å². The molecule has 1 aliphatic rings. The highest BCUT2D eigenvalue weighted by molar-refractivity contribution is 5.97. The average Bonchev–Trinajstić information content (AvgIpc) is 2.56. The Kier molecular flexibility index (Phi) is 4.04. The molecule has 1 aromatic carbocycles. The summed E-state index contributed by atoms with van der Waals surface area (Å²) in [6.07, 6.45) is 0.665. The SMILES string of the molecule is [N-]=[N+]=NCCCN1CCOc2ccccc2C1=O. The fraction of sp³-hybridized carbons (Fsp3) is 0.417. The first-order valence-corrected chi connectivity index (χ1v) is 5.85. The first kappa shape index (κ1) is 12.3. The molecule has 0 unspecified atom stereocenters. The van der Waals surface area contributed by atoms with Crippen molar-refractivity contribution in [1.29, 1.82) is 0 Å². The summed E-state index contributed by atoms with van der Waals surface area (Å²) in [5.41, 5.74) is 8.78. The third-order valence-electron chi connectivity index (χ3n) is 2.77. The molecule has 0 radical (unpaired) electrons. The molecule has 2 rings (SSSR count). The Morgan fingerprint density at radius 2 is 2.28 bits per heavy atom. The summed E-state index contributed by atoms with van der Waals surface area (Å²) in [5, 5.41) is 3.46. The molecule has 0 bridgehead atoms. The van der Waals surface area contributed by atoms with Crippen molar-refractivity contribution in [2.75, 3.05) is 26.2 Å². The van der Waals surface area contributed by atoms with Crippen LogP contribution in [0, 0.1) is 0 Å². The van der Waals surface area contributed by atoms with Crippen LogP contribution in [0.3, 0.4) is 0 Å². The predicted molar refractivity (Wildman–Crippen MR) is 66.5 cm³/mol. The zero-order valence-electron chi connectivity index (χ0n) is 9.95. The van der Waals surface area contributed by atoms with Gasteiger partial charge in [0.25, 0.3) is 5.91 Å². The summed E-state index contributed by atoms with van der Waals surface area (Å²) in [7, 11) is 0. The third kappa shape index (κ3) is 2.73. The molecule has 0 spiro atoms. The summed E-state index contributed by atoms with van der Waals surface area (Å²) in [4.78, 5) is 16.7. The minimum Gasteiger partial charge on any atom is -0.491 e. The van der Waals surface area contributed by atoms with Crippen LogP contribution in [0.1, 0.15) is 16.8 Å². The van der Waals surface area contributed by atoms with Gasteiger partial charge in [-0.15, -0.1) is 0 Å². The van der Waals surface area contributed by atoms with Gasteiger partial charge in [0.15, 0.2) is 0 Å². The normalized spacial score (nSPS) is 14.2. The Bertz CT molecular complexity index is 483. The summed E-state index contributed by atoms with van der Waals surface area (Å²) < 4.78 is 5.53. The van der Waals surface area contributed by atoms with Crippen molar-refractivity contribution in [3.63, 3.8) is 0 Å². The molecular formula is C12H14N4O2. The molecule has 0 atom stereocenters. The lowest BCUT2D eigenvalue weighted by molar-refractivity contribution is 0.0755. The van der Waals surface area contributed by atoms with Gasteiger partial charge in [-0.2, -0.15) is 0 Å². The van der Waals surface area contributed by atoms with Crippen LogP contribution in [-0.2, 0) is 0 Å². The largest absolute Gasteiger partial charge is 0.491 e. The Hall–Kier alpha value is -2.20. The van der Waals surface area contributed by atoms with Gasteiger partial charge in [-0.25, -0.2) is 0 Å². The molecule has 1 amide bonds. The zero-order valence-corrected chi connectivity index (χ0v) is 9.95. The van der Waals surface area contributed by atoms with E-state index in [4.69, 9.17) is 10.3 Å². The number of ether oxygens (including phenoxy) is 1. The fourth-order valence-electron chi connectivity index (χ4n) is 1.90. The maximum absolute atomic E-state index is 12.2. The van der Waals surface area contributed by atoms with Crippen LogP contribution in [-0.4, -0.2) is 37.0 Å². The monoisotopic (exact) mass is 246 g/mol. The van der Waals surface area contributed by atoms with Crippen molar-refractivity contribution in [2.45, 2.75) is 6.42 Å². The van der Waals surface area contributed by atoms with E-state index in [1.165, 1.54) is 0 Å². The van der Waals surface area contributed by atoms with Gasteiger partial charge >= 0.3 is 0 Å². The molecule has 1 aromatic rings. The van der Waals surface area contributed by atoms with Gasteiger partial charge in [0.2, 0.25) is 0 Å². The summed E-state index contributed by atoms with van der Waals surface area (Å²) >= 11 is 0. The maximum Gasteiger partial charge on any atom is 0.257 e. The Morgan fingerprint density at radius 1 is 1.44 bits per heavy atom. The van der Waals surface area contributed by atoms with Crippen LogP contribution in [0.5, 0.6) is 5.75 Å². The van der Waals surface area contributed by atoms with Crippen molar-refractivity contribution >= 4 is 5.91 Å².